The average Bonchev–Trinajstić information content (AvgIpc) is 2.59. The van der Waals surface area contributed by atoms with Crippen LogP contribution < -0.4 is 5.32 Å². The standard InChI is InChI=1S/C18H25FN2O2/c1-2-3-4-17(22)21-11-9-15(10-12-21)18(23)20-13-14-5-7-16(19)8-6-14/h5-8,15H,2-4,9-13H2,1H3,(H,20,23). The van der Waals surface area contributed by atoms with Crippen LogP contribution in [0.5, 0.6) is 0 Å². The van der Waals surface area contributed by atoms with Crippen LogP contribution in [0.1, 0.15) is 44.6 Å². The van der Waals surface area contributed by atoms with Gasteiger partial charge in [0.1, 0.15) is 5.82 Å². The van der Waals surface area contributed by atoms with Crippen molar-refractivity contribution >= 4 is 11.8 Å². The van der Waals surface area contributed by atoms with Gasteiger partial charge in [-0.1, -0.05) is 25.5 Å². The smallest absolute Gasteiger partial charge is 0.223 e. The molecule has 1 aromatic carbocycles. The lowest BCUT2D eigenvalue weighted by molar-refractivity contribution is -0.135. The van der Waals surface area contributed by atoms with E-state index in [9.17, 15) is 14.0 Å². The van der Waals surface area contributed by atoms with Gasteiger partial charge in [-0.05, 0) is 37.0 Å². The lowest BCUT2D eigenvalue weighted by Gasteiger charge is -2.31. The van der Waals surface area contributed by atoms with Crippen molar-refractivity contribution in [2.24, 2.45) is 5.92 Å². The first-order valence-corrected chi connectivity index (χ1v) is 8.40. The molecule has 0 unspecified atom stereocenters. The fourth-order valence-corrected chi connectivity index (χ4v) is 2.81. The van der Waals surface area contributed by atoms with Gasteiger partial charge in [0.15, 0.2) is 0 Å². The number of piperidine rings is 1. The maximum absolute atomic E-state index is 12.8. The highest BCUT2D eigenvalue weighted by molar-refractivity contribution is 5.80. The van der Waals surface area contributed by atoms with E-state index in [0.717, 1.165) is 18.4 Å². The first-order chi connectivity index (χ1) is 11.1. The van der Waals surface area contributed by atoms with Gasteiger partial charge < -0.3 is 10.2 Å². The van der Waals surface area contributed by atoms with Gasteiger partial charge in [0.25, 0.3) is 0 Å². The fourth-order valence-electron chi connectivity index (χ4n) is 2.81. The molecule has 1 N–H and O–H groups in total. The van der Waals surface area contributed by atoms with Crippen LogP contribution >= 0.6 is 0 Å². The number of carbonyl (C=O) groups excluding carboxylic acids is 2. The highest BCUT2D eigenvalue weighted by atomic mass is 19.1. The molecule has 2 amide bonds. The molecule has 23 heavy (non-hydrogen) atoms. The van der Waals surface area contributed by atoms with Gasteiger partial charge in [0, 0.05) is 32.0 Å². The fraction of sp³-hybridized carbons (Fsp3) is 0.556. The van der Waals surface area contributed by atoms with Gasteiger partial charge >= 0.3 is 0 Å². The van der Waals surface area contributed by atoms with Crippen LogP contribution in [0.15, 0.2) is 24.3 Å². The van der Waals surface area contributed by atoms with Crippen molar-refractivity contribution < 1.29 is 14.0 Å². The van der Waals surface area contributed by atoms with E-state index < -0.39 is 0 Å². The SMILES string of the molecule is CCCCC(=O)N1CCC(C(=O)NCc2ccc(F)cc2)CC1. The third kappa shape index (κ3) is 5.34. The van der Waals surface area contributed by atoms with E-state index in [1.54, 1.807) is 12.1 Å². The van der Waals surface area contributed by atoms with Gasteiger partial charge in [0.05, 0.1) is 0 Å². The molecule has 126 valence electrons. The molecule has 1 heterocycles. The second-order valence-electron chi connectivity index (χ2n) is 6.10. The summed E-state index contributed by atoms with van der Waals surface area (Å²) < 4.78 is 12.8. The number of nitrogens with one attached hydrogen (secondary N) is 1. The van der Waals surface area contributed by atoms with Crippen molar-refractivity contribution in [1.29, 1.82) is 0 Å². The van der Waals surface area contributed by atoms with E-state index in [0.29, 0.717) is 38.9 Å². The highest BCUT2D eigenvalue weighted by Gasteiger charge is 2.26. The largest absolute Gasteiger partial charge is 0.352 e. The Morgan fingerprint density at radius 2 is 1.87 bits per heavy atom. The van der Waals surface area contributed by atoms with Crippen molar-refractivity contribution in [1.82, 2.24) is 10.2 Å². The van der Waals surface area contributed by atoms with Gasteiger partial charge in [0.2, 0.25) is 11.8 Å². The summed E-state index contributed by atoms with van der Waals surface area (Å²) in [5.74, 6) is -0.0853. The predicted octanol–water partition coefficient (Wildman–Crippen LogP) is 2.87. The number of likely N-dealkylation sites (tertiary alicyclic amines) is 1. The number of hydrogen-bond donors (Lipinski definition) is 1. The molecule has 0 aliphatic carbocycles. The van der Waals surface area contributed by atoms with Crippen LogP contribution in [0.3, 0.4) is 0 Å². The molecule has 2 rings (SSSR count). The Labute approximate surface area is 137 Å². The maximum Gasteiger partial charge on any atom is 0.223 e. The Bertz CT molecular complexity index is 522. The molecule has 0 spiro atoms. The van der Waals surface area contributed by atoms with Crippen LogP contribution in [0.4, 0.5) is 4.39 Å². The van der Waals surface area contributed by atoms with Crippen LogP contribution in [0, 0.1) is 11.7 Å². The number of rotatable bonds is 6. The topological polar surface area (TPSA) is 49.4 Å². The predicted molar refractivity (Wildman–Crippen MR) is 87.1 cm³/mol. The Hall–Kier alpha value is -1.91. The van der Waals surface area contributed by atoms with Crippen molar-refractivity contribution in [3.63, 3.8) is 0 Å². The summed E-state index contributed by atoms with van der Waals surface area (Å²) in [6.07, 6.45) is 3.99. The third-order valence-corrected chi connectivity index (χ3v) is 4.34. The van der Waals surface area contributed by atoms with E-state index in [1.807, 2.05) is 4.90 Å². The number of unbranched alkanes of at least 4 members (excludes halogenated alkanes) is 1. The first-order valence-electron chi connectivity index (χ1n) is 8.40. The van der Waals surface area contributed by atoms with E-state index in [4.69, 9.17) is 0 Å². The van der Waals surface area contributed by atoms with Crippen LogP contribution in [-0.4, -0.2) is 29.8 Å². The number of nitrogens with zero attached hydrogens (tertiary/aromatic N) is 1. The monoisotopic (exact) mass is 320 g/mol. The zero-order chi connectivity index (χ0) is 16.7. The summed E-state index contributed by atoms with van der Waals surface area (Å²) in [7, 11) is 0. The Kier molecular flexibility index (Phi) is 6.56. The Morgan fingerprint density at radius 3 is 2.48 bits per heavy atom. The molecule has 0 radical (unpaired) electrons. The van der Waals surface area contributed by atoms with E-state index >= 15 is 0 Å². The normalized spacial score (nSPS) is 15.5. The van der Waals surface area contributed by atoms with Crippen molar-refractivity contribution in [2.45, 2.75) is 45.6 Å². The lowest BCUT2D eigenvalue weighted by atomic mass is 9.95. The molecule has 5 heteroatoms. The molecule has 4 nitrogen and oxygen atoms in total. The van der Waals surface area contributed by atoms with E-state index in [2.05, 4.69) is 12.2 Å². The number of hydrogen-bond acceptors (Lipinski definition) is 2. The summed E-state index contributed by atoms with van der Waals surface area (Å²) in [6, 6.07) is 6.12. The Morgan fingerprint density at radius 1 is 1.22 bits per heavy atom. The minimum absolute atomic E-state index is 0.0231. The summed E-state index contributed by atoms with van der Waals surface area (Å²) in [6.45, 7) is 3.81. The number of amides is 2. The summed E-state index contributed by atoms with van der Waals surface area (Å²) in [5.41, 5.74) is 0.881. The zero-order valence-electron chi connectivity index (χ0n) is 13.7. The van der Waals surface area contributed by atoms with Crippen molar-refractivity contribution in [3.8, 4) is 0 Å². The minimum Gasteiger partial charge on any atom is -0.352 e. The van der Waals surface area contributed by atoms with E-state index in [-0.39, 0.29) is 23.5 Å². The molecular formula is C18H25FN2O2. The van der Waals surface area contributed by atoms with Crippen LogP contribution in [0.25, 0.3) is 0 Å². The Balaban J connectivity index is 1.73. The van der Waals surface area contributed by atoms with Gasteiger partial charge in [-0.3, -0.25) is 9.59 Å². The molecule has 1 aromatic rings. The molecule has 1 aliphatic heterocycles. The number of carbonyl (C=O) groups is 2. The van der Waals surface area contributed by atoms with Gasteiger partial charge in [-0.25, -0.2) is 4.39 Å². The second-order valence-corrected chi connectivity index (χ2v) is 6.10. The minimum atomic E-state index is -0.278. The van der Waals surface area contributed by atoms with Crippen LogP contribution in [0.2, 0.25) is 0 Å². The number of benzene rings is 1. The molecular weight excluding hydrogens is 295 g/mol. The second kappa shape index (κ2) is 8.65. The van der Waals surface area contributed by atoms with Crippen molar-refractivity contribution in [2.75, 3.05) is 13.1 Å². The zero-order valence-corrected chi connectivity index (χ0v) is 13.7. The van der Waals surface area contributed by atoms with Crippen molar-refractivity contribution in [3.05, 3.63) is 35.6 Å². The van der Waals surface area contributed by atoms with Gasteiger partial charge in [-0.15, -0.1) is 0 Å². The first kappa shape index (κ1) is 17.4. The summed E-state index contributed by atoms with van der Waals surface area (Å²) in [5, 5.41) is 2.90. The molecule has 0 saturated carbocycles. The molecule has 0 bridgehead atoms. The molecule has 0 atom stereocenters. The number of halogens is 1. The molecule has 1 aliphatic rings. The lowest BCUT2D eigenvalue weighted by Crippen LogP contribution is -2.42. The maximum atomic E-state index is 12.8. The summed E-state index contributed by atoms with van der Waals surface area (Å²) in [4.78, 5) is 26.0. The van der Waals surface area contributed by atoms with E-state index in [1.165, 1.54) is 12.1 Å². The highest BCUT2D eigenvalue weighted by Crippen LogP contribution is 2.18. The molecule has 0 aromatic heterocycles. The van der Waals surface area contributed by atoms with Gasteiger partial charge in [-0.2, -0.15) is 0 Å². The van der Waals surface area contributed by atoms with Crippen LogP contribution in [-0.2, 0) is 16.1 Å². The molecule has 1 fully saturated rings. The summed E-state index contributed by atoms with van der Waals surface area (Å²) >= 11 is 0. The quantitative estimate of drug-likeness (QED) is 0.876. The average molecular weight is 320 g/mol. The third-order valence-electron chi connectivity index (χ3n) is 4.34. The molecule has 1 saturated heterocycles.